The van der Waals surface area contributed by atoms with Crippen LogP contribution in [0.1, 0.15) is 52.9 Å². The van der Waals surface area contributed by atoms with E-state index in [4.69, 9.17) is 19.9 Å². The van der Waals surface area contributed by atoms with E-state index in [-0.39, 0.29) is 37.2 Å². The molecular formula is C31H37F2NO6. The van der Waals surface area contributed by atoms with Gasteiger partial charge in [0.15, 0.2) is 23.3 Å². The number of carbonyl (C=O) groups is 2. The number of hydrogen-bond donors (Lipinski definition) is 2. The number of hydrogen-bond acceptors (Lipinski definition) is 7. The van der Waals surface area contributed by atoms with Crippen LogP contribution in [-0.4, -0.2) is 59.2 Å². The van der Waals surface area contributed by atoms with Gasteiger partial charge in [-0.15, -0.1) is 0 Å². The van der Waals surface area contributed by atoms with Gasteiger partial charge in [-0.25, -0.2) is 8.78 Å². The molecular weight excluding hydrogens is 520 g/mol. The van der Waals surface area contributed by atoms with E-state index in [0.717, 1.165) is 6.42 Å². The van der Waals surface area contributed by atoms with Gasteiger partial charge in [-0.2, -0.15) is 0 Å². The fraction of sp³-hybridized carbons (Fsp3) is 0.613. The summed E-state index contributed by atoms with van der Waals surface area (Å²) >= 11 is 0. The minimum atomic E-state index is -2.24. The Morgan fingerprint density at radius 2 is 1.93 bits per heavy atom. The second-order valence-corrected chi connectivity index (χ2v) is 12.6. The summed E-state index contributed by atoms with van der Waals surface area (Å²) < 4.78 is 52.0. The summed E-state index contributed by atoms with van der Waals surface area (Å²) in [7, 11) is 0. The number of carbonyl (C=O) groups excluding carboxylic acids is 2. The smallest absolute Gasteiger partial charge is 0.205 e. The Labute approximate surface area is 232 Å². The fourth-order valence-electron chi connectivity index (χ4n) is 8.71. The number of aliphatic hydroxyl groups excluding tert-OH is 1. The van der Waals surface area contributed by atoms with E-state index >= 15 is 8.78 Å². The highest BCUT2D eigenvalue weighted by atomic mass is 19.1. The van der Waals surface area contributed by atoms with Crippen molar-refractivity contribution in [2.75, 3.05) is 12.3 Å². The van der Waals surface area contributed by atoms with Crippen molar-refractivity contribution < 1.29 is 37.7 Å². The first-order chi connectivity index (χ1) is 18.9. The topological polar surface area (TPSA) is 108 Å². The Morgan fingerprint density at radius 1 is 1.20 bits per heavy atom. The van der Waals surface area contributed by atoms with Crippen LogP contribution in [0.2, 0.25) is 0 Å². The van der Waals surface area contributed by atoms with E-state index in [1.165, 1.54) is 18.2 Å². The van der Waals surface area contributed by atoms with Gasteiger partial charge in [0.2, 0.25) is 5.78 Å². The van der Waals surface area contributed by atoms with E-state index in [9.17, 15) is 14.7 Å². The number of Topliss-reactive ketones (excluding diaryl/α,β-unsaturated/α-hetero) is 1. The van der Waals surface area contributed by atoms with Gasteiger partial charge in [0.25, 0.3) is 0 Å². The van der Waals surface area contributed by atoms with Gasteiger partial charge in [0.1, 0.15) is 18.5 Å². The van der Waals surface area contributed by atoms with Gasteiger partial charge >= 0.3 is 0 Å². The number of anilines is 1. The molecule has 5 aliphatic rings. The monoisotopic (exact) mass is 557 g/mol. The third-order valence-electron chi connectivity index (χ3n) is 10.6. The normalized spacial score (nSPS) is 45.2. The number of benzene rings is 1. The molecule has 6 rings (SSSR count). The molecule has 40 heavy (non-hydrogen) atoms. The van der Waals surface area contributed by atoms with Crippen LogP contribution in [-0.2, 0) is 19.1 Å². The zero-order valence-electron chi connectivity index (χ0n) is 23.1. The molecule has 4 aliphatic carbocycles. The summed E-state index contributed by atoms with van der Waals surface area (Å²) in [4.78, 5) is 26.3. The van der Waals surface area contributed by atoms with Crippen LogP contribution in [0.4, 0.5) is 14.5 Å². The molecule has 10 atom stereocenters. The van der Waals surface area contributed by atoms with Gasteiger partial charge < -0.3 is 25.1 Å². The number of alkyl halides is 2. The molecule has 7 nitrogen and oxygen atoms in total. The highest BCUT2D eigenvalue weighted by molar-refractivity contribution is 6.01. The van der Waals surface area contributed by atoms with Crippen LogP contribution in [0.5, 0.6) is 5.75 Å². The lowest BCUT2D eigenvalue weighted by Crippen LogP contribution is -2.71. The molecule has 1 saturated heterocycles. The lowest BCUT2D eigenvalue weighted by atomic mass is 9.44. The second kappa shape index (κ2) is 9.19. The molecule has 1 aromatic carbocycles. The predicted octanol–water partition coefficient (Wildman–Crippen LogP) is 4.43. The van der Waals surface area contributed by atoms with E-state index in [0.29, 0.717) is 17.9 Å². The zero-order chi connectivity index (χ0) is 28.7. The maximum Gasteiger partial charge on any atom is 0.205 e. The van der Waals surface area contributed by atoms with Crippen molar-refractivity contribution in [3.05, 3.63) is 48.1 Å². The van der Waals surface area contributed by atoms with Gasteiger partial charge in [-0.1, -0.05) is 26.3 Å². The summed E-state index contributed by atoms with van der Waals surface area (Å²) in [5.74, 6) is -1.72. The Morgan fingerprint density at radius 3 is 2.62 bits per heavy atom. The minimum Gasteiger partial charge on any atom is -0.486 e. The van der Waals surface area contributed by atoms with Crippen LogP contribution in [0, 0.1) is 22.7 Å². The number of fused-ring (bicyclic) bond motifs is 7. The highest BCUT2D eigenvalue weighted by Gasteiger charge is 2.80. The summed E-state index contributed by atoms with van der Waals surface area (Å²) in [6.45, 7) is 5.09. The van der Waals surface area contributed by atoms with Crippen molar-refractivity contribution in [1.82, 2.24) is 0 Å². The van der Waals surface area contributed by atoms with Crippen molar-refractivity contribution in [2.24, 2.45) is 22.7 Å². The molecule has 216 valence electrons. The summed E-state index contributed by atoms with van der Waals surface area (Å²) in [5.41, 5.74) is 0.117. The minimum absolute atomic E-state index is 0.0674. The van der Waals surface area contributed by atoms with E-state index in [1.807, 2.05) is 13.8 Å². The fourth-order valence-corrected chi connectivity index (χ4v) is 8.71. The molecule has 0 bridgehead atoms. The molecule has 1 aliphatic heterocycles. The summed E-state index contributed by atoms with van der Waals surface area (Å²) in [6, 6.07) is 6.68. The molecule has 4 fully saturated rings. The first-order valence-electron chi connectivity index (χ1n) is 14.2. The number of nitrogens with two attached hydrogens (primary N) is 1. The molecule has 1 unspecified atom stereocenters. The predicted molar refractivity (Wildman–Crippen MR) is 143 cm³/mol. The molecule has 3 N–H and O–H groups in total. The van der Waals surface area contributed by atoms with Crippen LogP contribution in [0.3, 0.4) is 0 Å². The van der Waals surface area contributed by atoms with E-state index in [1.54, 1.807) is 31.2 Å². The van der Waals surface area contributed by atoms with Crippen LogP contribution >= 0.6 is 0 Å². The quantitative estimate of drug-likeness (QED) is 0.499. The van der Waals surface area contributed by atoms with E-state index < -0.39 is 64.4 Å². The summed E-state index contributed by atoms with van der Waals surface area (Å²) in [6.07, 6.45) is 0.779. The maximum absolute atomic E-state index is 17.5. The molecule has 0 amide bonds. The third kappa shape index (κ3) is 3.50. The molecule has 1 aromatic rings. The molecule has 0 spiro atoms. The SMILES string of the molecule is CCC[C@H]1O[C@@H]2C[C@H]3C4C[C@H](F)C5=CC(=O)C=C[C@]5(C)[C@@]4(F)[C@@H](O)C[C@]3(C)[C@]2(C(=O)COc2ccc(N)cc2)O1. The lowest BCUT2D eigenvalue weighted by molar-refractivity contribution is -0.234. The van der Waals surface area contributed by atoms with Crippen molar-refractivity contribution in [3.8, 4) is 5.75 Å². The second-order valence-electron chi connectivity index (χ2n) is 12.6. The first-order valence-corrected chi connectivity index (χ1v) is 14.2. The lowest BCUT2D eigenvalue weighted by Gasteiger charge is -2.63. The Kier molecular flexibility index (Phi) is 6.33. The Balaban J connectivity index is 1.39. The number of allylic oxidation sites excluding steroid dienone is 4. The number of rotatable bonds is 6. The van der Waals surface area contributed by atoms with Crippen LogP contribution < -0.4 is 10.5 Å². The molecule has 0 radical (unpaired) electrons. The average Bonchev–Trinajstić information content (AvgIpc) is 3.39. The number of halogens is 2. The number of nitrogen functional groups attached to an aromatic ring is 1. The van der Waals surface area contributed by atoms with Crippen LogP contribution in [0.15, 0.2) is 48.1 Å². The number of aliphatic hydroxyl groups is 1. The van der Waals surface area contributed by atoms with Crippen molar-refractivity contribution >= 4 is 17.3 Å². The molecule has 3 saturated carbocycles. The van der Waals surface area contributed by atoms with Gasteiger partial charge in [-0.05, 0) is 80.5 Å². The average molecular weight is 558 g/mol. The Hall–Kier alpha value is -2.62. The highest BCUT2D eigenvalue weighted by Crippen LogP contribution is 2.72. The van der Waals surface area contributed by atoms with Crippen molar-refractivity contribution in [1.29, 1.82) is 0 Å². The first kappa shape index (κ1) is 27.5. The maximum atomic E-state index is 17.5. The molecule has 9 heteroatoms. The van der Waals surface area contributed by atoms with E-state index in [2.05, 4.69) is 0 Å². The number of ketones is 2. The van der Waals surface area contributed by atoms with Gasteiger partial charge in [-0.3, -0.25) is 9.59 Å². The summed E-state index contributed by atoms with van der Waals surface area (Å²) in [5, 5.41) is 11.7. The van der Waals surface area contributed by atoms with Crippen LogP contribution in [0.25, 0.3) is 0 Å². The third-order valence-corrected chi connectivity index (χ3v) is 10.6. The van der Waals surface area contributed by atoms with Gasteiger partial charge in [0, 0.05) is 22.4 Å². The Bertz CT molecular complexity index is 1280. The van der Waals surface area contributed by atoms with Crippen molar-refractivity contribution in [3.63, 3.8) is 0 Å². The molecule has 0 aromatic heterocycles. The number of ether oxygens (including phenoxy) is 3. The largest absolute Gasteiger partial charge is 0.486 e. The van der Waals surface area contributed by atoms with Gasteiger partial charge in [0.05, 0.1) is 12.2 Å². The van der Waals surface area contributed by atoms with Crippen molar-refractivity contribution in [2.45, 2.75) is 88.8 Å². The molecule has 1 heterocycles. The zero-order valence-corrected chi connectivity index (χ0v) is 23.1. The standard InChI is InChI=1S/C31H37F2NO6/c1-4-5-27-39-26-14-20-21-13-23(32)22-12-18(35)10-11-28(22,2)30(21,33)24(36)15-29(20,3)31(26,40-27)25(37)16-38-19-8-6-17(34)7-9-19/h6-12,20-21,23-24,26-27,36H,4-5,13-16,34H2,1-3H3/t20-,21?,23-,24-,26+,27-,28-,29-,30-,31+/m0/s1.